The van der Waals surface area contributed by atoms with Gasteiger partial charge in [0.25, 0.3) is 11.8 Å². The minimum absolute atomic E-state index is 0.0691. The third kappa shape index (κ3) is 3.53. The van der Waals surface area contributed by atoms with E-state index in [1.165, 1.54) is 18.6 Å². The van der Waals surface area contributed by atoms with Gasteiger partial charge in [0.05, 0.1) is 17.7 Å². The first-order chi connectivity index (χ1) is 13.8. The zero-order valence-corrected chi connectivity index (χ0v) is 16.1. The smallest absolute Gasteiger partial charge is 0.262 e. The average Bonchev–Trinajstić information content (AvgIpc) is 2.84. The Kier molecular flexibility index (Phi) is 4.91. The molecule has 1 aromatic carbocycles. The highest BCUT2D eigenvalue weighted by atomic mass is 16.2. The number of benzene rings is 1. The molecule has 4 rings (SSSR count). The molecule has 2 aliphatic heterocycles. The van der Waals surface area contributed by atoms with Crippen molar-refractivity contribution < 1.29 is 24.0 Å². The van der Waals surface area contributed by atoms with E-state index in [0.29, 0.717) is 11.7 Å². The molecule has 0 spiro atoms. The van der Waals surface area contributed by atoms with Gasteiger partial charge in [0.15, 0.2) is 0 Å². The Bertz CT molecular complexity index is 923. The molecular formula is C20H22N4O5. The summed E-state index contributed by atoms with van der Waals surface area (Å²) in [5.74, 6) is -2.43. The monoisotopic (exact) mass is 398 g/mol. The molecule has 0 aromatic heterocycles. The minimum Gasteiger partial charge on any atom is -0.325 e. The Morgan fingerprint density at radius 1 is 1.14 bits per heavy atom. The van der Waals surface area contributed by atoms with E-state index in [-0.39, 0.29) is 36.4 Å². The molecule has 5 amide bonds. The molecule has 2 heterocycles. The van der Waals surface area contributed by atoms with Crippen LogP contribution in [0.2, 0.25) is 0 Å². The lowest BCUT2D eigenvalue weighted by Crippen LogP contribution is -2.54. The lowest BCUT2D eigenvalue weighted by atomic mass is 9.92. The normalized spacial score (nSPS) is 21.9. The predicted octanol–water partition coefficient (Wildman–Crippen LogP) is 0.511. The van der Waals surface area contributed by atoms with Crippen LogP contribution < -0.4 is 10.6 Å². The van der Waals surface area contributed by atoms with E-state index in [2.05, 4.69) is 10.6 Å². The number of imide groups is 2. The standard InChI is InChI=1S/C20H22N4O5/c1-23(12-3-2-4-12)10-17(26)21-11-5-6-13-14(9-11)20(29)24(19(13)28)15-7-8-16(25)22-18(15)27/h5-6,9,12,15H,2-4,7-8,10H2,1H3,(H,21,26)(H,22,25,27). The third-order valence-corrected chi connectivity index (χ3v) is 5.81. The van der Waals surface area contributed by atoms with Gasteiger partial charge in [0.2, 0.25) is 17.7 Å². The number of rotatable bonds is 5. The first kappa shape index (κ1) is 19.3. The van der Waals surface area contributed by atoms with E-state index in [1.54, 1.807) is 6.07 Å². The van der Waals surface area contributed by atoms with Crippen molar-refractivity contribution in [3.05, 3.63) is 29.3 Å². The van der Waals surface area contributed by atoms with Crippen molar-refractivity contribution in [3.8, 4) is 0 Å². The van der Waals surface area contributed by atoms with Gasteiger partial charge in [0.1, 0.15) is 6.04 Å². The van der Waals surface area contributed by atoms with Gasteiger partial charge in [-0.1, -0.05) is 6.42 Å². The Morgan fingerprint density at radius 2 is 1.86 bits per heavy atom. The minimum atomic E-state index is -1.01. The molecule has 0 bridgehead atoms. The summed E-state index contributed by atoms with van der Waals surface area (Å²) >= 11 is 0. The molecule has 9 heteroatoms. The molecule has 2 fully saturated rings. The molecule has 3 aliphatic rings. The Morgan fingerprint density at radius 3 is 2.52 bits per heavy atom. The van der Waals surface area contributed by atoms with Gasteiger partial charge >= 0.3 is 0 Å². The van der Waals surface area contributed by atoms with Gasteiger partial charge in [-0.25, -0.2) is 0 Å². The summed E-state index contributed by atoms with van der Waals surface area (Å²) in [4.78, 5) is 64.1. The van der Waals surface area contributed by atoms with Gasteiger partial charge in [0, 0.05) is 18.2 Å². The number of piperidine rings is 1. The quantitative estimate of drug-likeness (QED) is 0.699. The second-order valence-electron chi connectivity index (χ2n) is 7.76. The molecule has 1 unspecified atom stereocenters. The third-order valence-electron chi connectivity index (χ3n) is 5.81. The molecule has 9 nitrogen and oxygen atoms in total. The van der Waals surface area contributed by atoms with Crippen molar-refractivity contribution in [1.29, 1.82) is 0 Å². The predicted molar refractivity (Wildman–Crippen MR) is 102 cm³/mol. The molecule has 29 heavy (non-hydrogen) atoms. The van der Waals surface area contributed by atoms with Gasteiger partial charge in [-0.3, -0.25) is 39.1 Å². The summed E-state index contributed by atoms with van der Waals surface area (Å²) in [6.07, 6.45) is 3.54. The van der Waals surface area contributed by atoms with Crippen molar-refractivity contribution in [2.24, 2.45) is 0 Å². The summed E-state index contributed by atoms with van der Waals surface area (Å²) in [6.45, 7) is 0.247. The largest absolute Gasteiger partial charge is 0.325 e. The number of hydrogen-bond acceptors (Lipinski definition) is 6. The van der Waals surface area contributed by atoms with Crippen LogP contribution in [0, 0.1) is 0 Å². The van der Waals surface area contributed by atoms with E-state index < -0.39 is 29.7 Å². The van der Waals surface area contributed by atoms with Crippen LogP contribution in [0.15, 0.2) is 18.2 Å². The maximum absolute atomic E-state index is 12.8. The van der Waals surface area contributed by atoms with Crippen LogP contribution in [-0.2, 0) is 14.4 Å². The zero-order valence-electron chi connectivity index (χ0n) is 16.1. The SMILES string of the molecule is CN(CC(=O)Nc1ccc2c(c1)C(=O)N(C1CCC(=O)NC1=O)C2=O)C1CCC1. The van der Waals surface area contributed by atoms with Crippen LogP contribution in [0.4, 0.5) is 5.69 Å². The molecular weight excluding hydrogens is 376 g/mol. The molecule has 1 atom stereocenters. The van der Waals surface area contributed by atoms with Crippen LogP contribution >= 0.6 is 0 Å². The Hall–Kier alpha value is -3.07. The lowest BCUT2D eigenvalue weighted by Gasteiger charge is -2.34. The second-order valence-corrected chi connectivity index (χ2v) is 7.76. The molecule has 1 aromatic rings. The van der Waals surface area contributed by atoms with E-state index in [9.17, 15) is 24.0 Å². The second kappa shape index (κ2) is 7.40. The molecule has 1 saturated carbocycles. The van der Waals surface area contributed by atoms with E-state index in [4.69, 9.17) is 0 Å². The van der Waals surface area contributed by atoms with Gasteiger partial charge in [-0.2, -0.15) is 0 Å². The van der Waals surface area contributed by atoms with Crippen molar-refractivity contribution >= 4 is 35.2 Å². The fourth-order valence-corrected chi connectivity index (χ4v) is 3.93. The van der Waals surface area contributed by atoms with E-state index in [0.717, 1.165) is 17.7 Å². The number of amides is 5. The molecule has 2 N–H and O–H groups in total. The summed E-state index contributed by atoms with van der Waals surface area (Å²) in [6, 6.07) is 3.94. The Balaban J connectivity index is 1.47. The number of likely N-dealkylation sites (N-methyl/N-ethyl adjacent to an activating group) is 1. The highest BCUT2D eigenvalue weighted by Gasteiger charge is 2.44. The molecule has 152 valence electrons. The lowest BCUT2D eigenvalue weighted by molar-refractivity contribution is -0.136. The number of carbonyl (C=O) groups is 5. The Labute approximate surface area is 167 Å². The van der Waals surface area contributed by atoms with Crippen molar-refractivity contribution in [1.82, 2.24) is 15.1 Å². The fourth-order valence-electron chi connectivity index (χ4n) is 3.93. The number of fused-ring (bicyclic) bond motifs is 1. The summed E-state index contributed by atoms with van der Waals surface area (Å²) in [7, 11) is 1.91. The van der Waals surface area contributed by atoms with Crippen LogP contribution in [0.5, 0.6) is 0 Å². The molecule has 1 saturated heterocycles. The maximum Gasteiger partial charge on any atom is 0.262 e. The van der Waals surface area contributed by atoms with Gasteiger partial charge < -0.3 is 5.32 Å². The fraction of sp³-hybridized carbons (Fsp3) is 0.450. The topological polar surface area (TPSA) is 116 Å². The number of nitrogens with one attached hydrogen (secondary N) is 2. The summed E-state index contributed by atoms with van der Waals surface area (Å²) < 4.78 is 0. The van der Waals surface area contributed by atoms with E-state index >= 15 is 0 Å². The maximum atomic E-state index is 12.8. The first-order valence-corrected chi connectivity index (χ1v) is 9.71. The highest BCUT2D eigenvalue weighted by Crippen LogP contribution is 2.29. The number of carbonyl (C=O) groups excluding carboxylic acids is 5. The van der Waals surface area contributed by atoms with Crippen LogP contribution in [-0.4, -0.2) is 65.0 Å². The summed E-state index contributed by atoms with van der Waals surface area (Å²) in [5.41, 5.74) is 0.746. The van der Waals surface area contributed by atoms with Crippen LogP contribution in [0.1, 0.15) is 52.8 Å². The first-order valence-electron chi connectivity index (χ1n) is 9.71. The van der Waals surface area contributed by atoms with Gasteiger partial charge in [-0.15, -0.1) is 0 Å². The number of hydrogen-bond donors (Lipinski definition) is 2. The van der Waals surface area contributed by atoms with Gasteiger partial charge in [-0.05, 0) is 44.5 Å². The van der Waals surface area contributed by atoms with Crippen LogP contribution in [0.3, 0.4) is 0 Å². The molecule has 1 aliphatic carbocycles. The van der Waals surface area contributed by atoms with Crippen LogP contribution in [0.25, 0.3) is 0 Å². The molecule has 0 radical (unpaired) electrons. The number of anilines is 1. The van der Waals surface area contributed by atoms with Crippen molar-refractivity contribution in [3.63, 3.8) is 0 Å². The van der Waals surface area contributed by atoms with Crippen molar-refractivity contribution in [2.45, 2.75) is 44.2 Å². The summed E-state index contributed by atoms with van der Waals surface area (Å²) in [5, 5.41) is 4.93. The number of nitrogens with zero attached hydrogens (tertiary/aromatic N) is 2. The average molecular weight is 398 g/mol. The van der Waals surface area contributed by atoms with E-state index in [1.807, 2.05) is 11.9 Å². The highest BCUT2D eigenvalue weighted by molar-refractivity contribution is 6.23. The van der Waals surface area contributed by atoms with Crippen molar-refractivity contribution in [2.75, 3.05) is 18.9 Å². The zero-order chi connectivity index (χ0) is 20.7.